The normalized spacial score (nSPS) is 10.4. The summed E-state index contributed by atoms with van der Waals surface area (Å²) in [6, 6.07) is 8.82. The molecule has 0 fully saturated rings. The average Bonchev–Trinajstić information content (AvgIpc) is 2.88. The van der Waals surface area contributed by atoms with Gasteiger partial charge in [0.05, 0.1) is 6.61 Å². The summed E-state index contributed by atoms with van der Waals surface area (Å²) in [6.07, 6.45) is 0.755. The Balaban J connectivity index is 2.03. The Kier molecular flexibility index (Phi) is 5.00. The lowest BCUT2D eigenvalue weighted by Gasteiger charge is -2.07. The molecule has 0 aliphatic rings. The molecule has 21 heavy (non-hydrogen) atoms. The number of carbonyl (C=O) groups excluding carboxylic acids is 1. The third kappa shape index (κ3) is 3.86. The van der Waals surface area contributed by atoms with E-state index in [1.165, 1.54) is 0 Å². The largest absolute Gasteiger partial charge is 0.491 e. The van der Waals surface area contributed by atoms with Crippen molar-refractivity contribution in [3.63, 3.8) is 0 Å². The van der Waals surface area contributed by atoms with Gasteiger partial charge in [-0.3, -0.25) is 4.79 Å². The highest BCUT2D eigenvalue weighted by atomic mass is 16.5. The van der Waals surface area contributed by atoms with Gasteiger partial charge in [0, 0.05) is 17.7 Å². The van der Waals surface area contributed by atoms with Crippen LogP contribution in [0.1, 0.15) is 28.8 Å². The fourth-order valence-electron chi connectivity index (χ4n) is 1.93. The predicted octanol–water partition coefficient (Wildman–Crippen LogP) is 2.77. The topological polar surface area (TPSA) is 71.7 Å². The molecule has 2 rings (SSSR count). The Morgan fingerprint density at radius 3 is 2.62 bits per heavy atom. The highest BCUT2D eigenvalue weighted by Crippen LogP contribution is 2.19. The number of rotatable bonds is 6. The zero-order valence-corrected chi connectivity index (χ0v) is 12.2. The lowest BCUT2D eigenvalue weighted by molar-refractivity contribution is 0.0994. The first-order chi connectivity index (χ1) is 10.1. The number of anilines is 1. The molecule has 2 aromatic rings. The molecule has 0 saturated heterocycles. The summed E-state index contributed by atoms with van der Waals surface area (Å²) in [4.78, 5) is 12.2. The minimum atomic E-state index is -0.267. The van der Waals surface area contributed by atoms with Crippen LogP contribution >= 0.6 is 0 Å². The number of carbonyl (C=O) groups is 1. The molecule has 112 valence electrons. The summed E-state index contributed by atoms with van der Waals surface area (Å²) < 4.78 is 10.8. The van der Waals surface area contributed by atoms with Crippen molar-refractivity contribution < 1.29 is 19.1 Å². The molecule has 0 radical (unpaired) electrons. The molecular formula is C16H19NO4. The highest BCUT2D eigenvalue weighted by Gasteiger charge is 2.15. The molecule has 0 bridgehead atoms. The maximum absolute atomic E-state index is 12.2. The Hall–Kier alpha value is -2.27. The number of amides is 1. The van der Waals surface area contributed by atoms with Crippen molar-refractivity contribution in [3.05, 3.63) is 47.4 Å². The van der Waals surface area contributed by atoms with Crippen molar-refractivity contribution in [2.45, 2.75) is 20.3 Å². The zero-order chi connectivity index (χ0) is 15.2. The van der Waals surface area contributed by atoms with E-state index in [4.69, 9.17) is 14.3 Å². The van der Waals surface area contributed by atoms with Gasteiger partial charge in [0.1, 0.15) is 18.1 Å². The van der Waals surface area contributed by atoms with E-state index in [9.17, 15) is 4.79 Å². The molecule has 5 heteroatoms. The first kappa shape index (κ1) is 15.1. The van der Waals surface area contributed by atoms with Crippen LogP contribution in [0.25, 0.3) is 0 Å². The van der Waals surface area contributed by atoms with E-state index in [1.807, 2.05) is 19.9 Å². The van der Waals surface area contributed by atoms with Crippen molar-refractivity contribution >= 4 is 11.6 Å². The lowest BCUT2D eigenvalue weighted by atomic mass is 10.2. The molecule has 0 unspecified atom stereocenters. The summed E-state index contributed by atoms with van der Waals surface area (Å²) in [5.74, 6) is 1.51. The zero-order valence-electron chi connectivity index (χ0n) is 12.2. The molecule has 0 atom stereocenters. The Morgan fingerprint density at radius 2 is 2.05 bits per heavy atom. The van der Waals surface area contributed by atoms with Gasteiger partial charge < -0.3 is 19.6 Å². The molecule has 0 spiro atoms. The fourth-order valence-corrected chi connectivity index (χ4v) is 1.93. The second-order valence-electron chi connectivity index (χ2n) is 4.63. The second kappa shape index (κ2) is 6.95. The van der Waals surface area contributed by atoms with Gasteiger partial charge in [-0.15, -0.1) is 0 Å². The summed E-state index contributed by atoms with van der Waals surface area (Å²) in [5, 5.41) is 11.5. The van der Waals surface area contributed by atoms with Gasteiger partial charge >= 0.3 is 0 Å². The first-order valence-corrected chi connectivity index (χ1v) is 6.88. The van der Waals surface area contributed by atoms with Crippen molar-refractivity contribution in [2.75, 3.05) is 18.5 Å². The van der Waals surface area contributed by atoms with Crippen LogP contribution in [0, 0.1) is 6.92 Å². The van der Waals surface area contributed by atoms with Gasteiger partial charge in [0.25, 0.3) is 5.91 Å². The molecule has 1 aromatic heterocycles. The molecule has 1 aromatic carbocycles. The molecule has 0 saturated carbocycles. The number of hydrogen-bond donors (Lipinski definition) is 2. The molecular weight excluding hydrogens is 270 g/mol. The van der Waals surface area contributed by atoms with E-state index >= 15 is 0 Å². The van der Waals surface area contributed by atoms with Crippen molar-refractivity contribution in [1.82, 2.24) is 0 Å². The van der Waals surface area contributed by atoms with Crippen LogP contribution in [0.4, 0.5) is 5.69 Å². The van der Waals surface area contributed by atoms with Crippen molar-refractivity contribution in [2.24, 2.45) is 0 Å². The summed E-state index contributed by atoms with van der Waals surface area (Å²) >= 11 is 0. The van der Waals surface area contributed by atoms with Crippen LogP contribution in [-0.2, 0) is 6.42 Å². The number of aliphatic hydroxyl groups is 1. The number of aliphatic hydroxyl groups excluding tert-OH is 1. The van der Waals surface area contributed by atoms with Crippen LogP contribution in [0.5, 0.6) is 5.75 Å². The third-order valence-electron chi connectivity index (χ3n) is 3.00. The molecule has 2 N–H and O–H groups in total. The van der Waals surface area contributed by atoms with Crippen molar-refractivity contribution in [3.8, 4) is 5.75 Å². The second-order valence-corrected chi connectivity index (χ2v) is 4.63. The molecule has 0 aliphatic heterocycles. The average molecular weight is 289 g/mol. The number of hydrogen-bond acceptors (Lipinski definition) is 4. The summed E-state index contributed by atoms with van der Waals surface area (Å²) in [7, 11) is 0. The van der Waals surface area contributed by atoms with Gasteiger partial charge in [-0.1, -0.05) is 6.92 Å². The van der Waals surface area contributed by atoms with Gasteiger partial charge in [0.15, 0.2) is 5.76 Å². The van der Waals surface area contributed by atoms with Gasteiger partial charge in [-0.2, -0.15) is 0 Å². The molecule has 1 amide bonds. The van der Waals surface area contributed by atoms with E-state index in [0.29, 0.717) is 17.2 Å². The molecule has 0 aliphatic carbocycles. The minimum absolute atomic E-state index is 0.0317. The monoisotopic (exact) mass is 289 g/mol. The molecule has 1 heterocycles. The van der Waals surface area contributed by atoms with Crippen LogP contribution < -0.4 is 10.1 Å². The van der Waals surface area contributed by atoms with Crippen LogP contribution in [-0.4, -0.2) is 24.2 Å². The standard InChI is InChI=1S/C16H19NO4/c1-3-13-10-11(2)15(21-13)16(19)17-12-4-6-14(7-5-12)20-9-8-18/h4-7,10,18H,3,8-9H2,1-2H3,(H,17,19). The highest BCUT2D eigenvalue weighted by molar-refractivity contribution is 6.03. The van der Waals surface area contributed by atoms with E-state index in [-0.39, 0.29) is 19.1 Å². The minimum Gasteiger partial charge on any atom is -0.491 e. The third-order valence-corrected chi connectivity index (χ3v) is 3.00. The number of nitrogens with one attached hydrogen (secondary N) is 1. The number of benzene rings is 1. The number of furan rings is 1. The molecule has 5 nitrogen and oxygen atoms in total. The van der Waals surface area contributed by atoms with Crippen molar-refractivity contribution in [1.29, 1.82) is 0 Å². The quantitative estimate of drug-likeness (QED) is 0.857. The van der Waals surface area contributed by atoms with Gasteiger partial charge in [0.2, 0.25) is 0 Å². The van der Waals surface area contributed by atoms with E-state index in [2.05, 4.69) is 5.32 Å². The Labute approximate surface area is 123 Å². The Bertz CT molecular complexity index is 601. The fraction of sp³-hybridized carbons (Fsp3) is 0.312. The summed E-state index contributed by atoms with van der Waals surface area (Å²) in [6.45, 7) is 4.04. The van der Waals surface area contributed by atoms with Crippen LogP contribution in [0.3, 0.4) is 0 Å². The van der Waals surface area contributed by atoms with Crippen LogP contribution in [0.15, 0.2) is 34.7 Å². The SMILES string of the molecule is CCc1cc(C)c(C(=O)Nc2ccc(OCCO)cc2)o1. The number of ether oxygens (including phenoxy) is 1. The predicted molar refractivity (Wildman–Crippen MR) is 79.8 cm³/mol. The maximum Gasteiger partial charge on any atom is 0.291 e. The van der Waals surface area contributed by atoms with E-state index in [1.54, 1.807) is 24.3 Å². The first-order valence-electron chi connectivity index (χ1n) is 6.88. The smallest absolute Gasteiger partial charge is 0.291 e. The van der Waals surface area contributed by atoms with Gasteiger partial charge in [-0.05, 0) is 37.3 Å². The number of aryl methyl sites for hydroxylation is 2. The Morgan fingerprint density at radius 1 is 1.33 bits per heavy atom. The lowest BCUT2D eigenvalue weighted by Crippen LogP contribution is -2.12. The van der Waals surface area contributed by atoms with Crippen LogP contribution in [0.2, 0.25) is 0 Å². The van der Waals surface area contributed by atoms with Gasteiger partial charge in [-0.25, -0.2) is 0 Å². The van der Waals surface area contributed by atoms with E-state index in [0.717, 1.165) is 17.7 Å². The van der Waals surface area contributed by atoms with E-state index < -0.39 is 0 Å². The summed E-state index contributed by atoms with van der Waals surface area (Å²) in [5.41, 5.74) is 1.48. The maximum atomic E-state index is 12.2.